The van der Waals surface area contributed by atoms with E-state index in [1.165, 1.54) is 5.56 Å². The fourth-order valence-corrected chi connectivity index (χ4v) is 3.34. The molecule has 0 N–H and O–H groups in total. The molecule has 0 radical (unpaired) electrons. The van der Waals surface area contributed by atoms with E-state index in [1.807, 2.05) is 18.2 Å². The molecule has 0 unspecified atom stereocenters. The third kappa shape index (κ3) is 4.87. The first-order valence-corrected chi connectivity index (χ1v) is 8.74. The van der Waals surface area contributed by atoms with Gasteiger partial charge in [0.15, 0.2) is 5.78 Å². The largest absolute Gasteiger partial charge is 0.376 e. The number of carbonyl (C=O) groups excluding carboxylic acids is 1. The van der Waals surface area contributed by atoms with Crippen LogP contribution in [0.15, 0.2) is 30.3 Å². The number of hydrogen-bond donors (Lipinski definition) is 0. The van der Waals surface area contributed by atoms with E-state index < -0.39 is 0 Å². The second-order valence-corrected chi connectivity index (χ2v) is 6.39. The normalized spacial score (nSPS) is 28.7. The van der Waals surface area contributed by atoms with Gasteiger partial charge < -0.3 is 14.2 Å². The summed E-state index contributed by atoms with van der Waals surface area (Å²) in [5.74, 6) is 0.244. The average molecular weight is 318 g/mol. The molecule has 23 heavy (non-hydrogen) atoms. The molecule has 0 amide bonds. The van der Waals surface area contributed by atoms with E-state index in [9.17, 15) is 4.79 Å². The lowest BCUT2D eigenvalue weighted by atomic mass is 9.96. The molecule has 2 aliphatic rings. The zero-order valence-corrected chi connectivity index (χ0v) is 13.6. The Balaban J connectivity index is 1.48. The zero-order chi connectivity index (χ0) is 15.9. The van der Waals surface area contributed by atoms with E-state index in [4.69, 9.17) is 14.2 Å². The van der Waals surface area contributed by atoms with Gasteiger partial charge in [-0.15, -0.1) is 0 Å². The summed E-state index contributed by atoms with van der Waals surface area (Å²) in [7, 11) is 0. The number of carbonyl (C=O) groups is 1. The molecule has 2 fully saturated rings. The van der Waals surface area contributed by atoms with Crippen molar-refractivity contribution in [1.82, 2.24) is 0 Å². The van der Waals surface area contributed by atoms with Crippen LogP contribution in [0.4, 0.5) is 0 Å². The highest BCUT2D eigenvalue weighted by atomic mass is 16.5. The van der Waals surface area contributed by atoms with Gasteiger partial charge in [-0.1, -0.05) is 30.3 Å². The Morgan fingerprint density at radius 3 is 2.70 bits per heavy atom. The van der Waals surface area contributed by atoms with Gasteiger partial charge in [-0.3, -0.25) is 4.79 Å². The molecular weight excluding hydrogens is 292 g/mol. The van der Waals surface area contributed by atoms with Gasteiger partial charge in [0.1, 0.15) is 6.10 Å². The summed E-state index contributed by atoms with van der Waals surface area (Å²) in [6.45, 7) is 2.11. The predicted molar refractivity (Wildman–Crippen MR) is 87.2 cm³/mol. The summed E-state index contributed by atoms with van der Waals surface area (Å²) >= 11 is 0. The minimum atomic E-state index is -0.232. The Morgan fingerprint density at radius 2 is 1.87 bits per heavy atom. The highest BCUT2D eigenvalue weighted by Gasteiger charge is 2.30. The summed E-state index contributed by atoms with van der Waals surface area (Å²) in [6, 6.07) is 10.2. The number of benzene rings is 1. The minimum absolute atomic E-state index is 0.0748. The Labute approximate surface area is 138 Å². The fraction of sp³-hybridized carbons (Fsp3) is 0.632. The van der Waals surface area contributed by atoms with Crippen molar-refractivity contribution in [3.63, 3.8) is 0 Å². The van der Waals surface area contributed by atoms with Gasteiger partial charge in [-0.25, -0.2) is 0 Å². The monoisotopic (exact) mass is 318 g/mol. The van der Waals surface area contributed by atoms with Crippen LogP contribution < -0.4 is 0 Å². The van der Waals surface area contributed by atoms with Crippen molar-refractivity contribution < 1.29 is 19.0 Å². The molecule has 3 rings (SSSR count). The summed E-state index contributed by atoms with van der Waals surface area (Å²) in [6.07, 6.45) is 5.11. The van der Waals surface area contributed by atoms with Crippen molar-refractivity contribution in [2.24, 2.45) is 0 Å². The molecule has 0 aromatic heterocycles. The maximum atomic E-state index is 11.9. The Hall–Kier alpha value is -1.23. The highest BCUT2D eigenvalue weighted by Crippen LogP contribution is 2.24. The summed E-state index contributed by atoms with van der Waals surface area (Å²) in [5.41, 5.74) is 1.18. The molecule has 0 saturated carbocycles. The maximum absolute atomic E-state index is 11.9. The van der Waals surface area contributed by atoms with Gasteiger partial charge in [0.25, 0.3) is 0 Å². The van der Waals surface area contributed by atoms with Crippen LogP contribution in [0.3, 0.4) is 0 Å². The van der Waals surface area contributed by atoms with Crippen LogP contribution in [0.5, 0.6) is 0 Å². The van der Waals surface area contributed by atoms with Crippen LogP contribution in [-0.4, -0.2) is 37.3 Å². The predicted octanol–water partition coefficient (Wildman–Crippen LogP) is 3.28. The van der Waals surface area contributed by atoms with Crippen molar-refractivity contribution in [3.05, 3.63) is 35.9 Å². The number of ether oxygens (including phenoxy) is 3. The molecule has 2 saturated heterocycles. The number of rotatable bonds is 6. The SMILES string of the molecule is O=C1CCCO[C@@H]1CC[C@H]1OCCC[C@@H]1OCc1ccccc1. The highest BCUT2D eigenvalue weighted by molar-refractivity contribution is 5.83. The first-order valence-electron chi connectivity index (χ1n) is 8.74. The average Bonchev–Trinajstić information content (AvgIpc) is 2.61. The quantitative estimate of drug-likeness (QED) is 0.807. The lowest BCUT2D eigenvalue weighted by Crippen LogP contribution is -2.38. The Kier molecular flexibility index (Phi) is 6.20. The third-order valence-electron chi connectivity index (χ3n) is 4.65. The van der Waals surface area contributed by atoms with Crippen molar-refractivity contribution in [2.75, 3.05) is 13.2 Å². The molecule has 126 valence electrons. The smallest absolute Gasteiger partial charge is 0.161 e. The van der Waals surface area contributed by atoms with Crippen LogP contribution in [-0.2, 0) is 25.6 Å². The van der Waals surface area contributed by atoms with Crippen molar-refractivity contribution in [1.29, 1.82) is 0 Å². The van der Waals surface area contributed by atoms with Crippen LogP contribution in [0.2, 0.25) is 0 Å². The van der Waals surface area contributed by atoms with E-state index in [-0.39, 0.29) is 24.1 Å². The molecule has 4 heteroatoms. The first kappa shape index (κ1) is 16.6. The van der Waals surface area contributed by atoms with Crippen LogP contribution in [0, 0.1) is 0 Å². The van der Waals surface area contributed by atoms with Gasteiger partial charge in [-0.05, 0) is 37.7 Å². The third-order valence-corrected chi connectivity index (χ3v) is 4.65. The van der Waals surface area contributed by atoms with Gasteiger partial charge in [0.2, 0.25) is 0 Å². The summed E-state index contributed by atoms with van der Waals surface area (Å²) in [5, 5.41) is 0. The minimum Gasteiger partial charge on any atom is -0.376 e. The second kappa shape index (κ2) is 8.57. The summed E-state index contributed by atoms with van der Waals surface area (Å²) < 4.78 is 17.6. The fourth-order valence-electron chi connectivity index (χ4n) is 3.34. The lowest BCUT2D eigenvalue weighted by Gasteiger charge is -2.33. The zero-order valence-electron chi connectivity index (χ0n) is 13.6. The Morgan fingerprint density at radius 1 is 1.04 bits per heavy atom. The van der Waals surface area contributed by atoms with Crippen molar-refractivity contribution in [3.8, 4) is 0 Å². The summed E-state index contributed by atoms with van der Waals surface area (Å²) in [4.78, 5) is 11.9. The lowest BCUT2D eigenvalue weighted by molar-refractivity contribution is -0.139. The van der Waals surface area contributed by atoms with Gasteiger partial charge in [-0.2, -0.15) is 0 Å². The standard InChI is InChI=1S/C19H26O4/c20-16-8-4-12-21-17(16)10-11-19-18(9-5-13-22-19)23-14-15-6-2-1-3-7-15/h1-3,6-7,17-19H,4-5,8-14H2/t17-,18+,19-/m1/s1. The molecule has 4 nitrogen and oxygen atoms in total. The molecule has 3 atom stereocenters. The van der Waals surface area contributed by atoms with Crippen LogP contribution in [0.1, 0.15) is 44.1 Å². The number of Topliss-reactive ketones (excluding diaryl/α,β-unsaturated/α-hetero) is 1. The van der Waals surface area contributed by atoms with Gasteiger partial charge in [0.05, 0.1) is 18.8 Å². The maximum Gasteiger partial charge on any atom is 0.161 e. The second-order valence-electron chi connectivity index (χ2n) is 6.39. The molecule has 0 bridgehead atoms. The molecule has 0 aliphatic carbocycles. The van der Waals surface area contributed by atoms with E-state index >= 15 is 0 Å². The number of hydrogen-bond acceptors (Lipinski definition) is 4. The number of ketones is 1. The van der Waals surface area contributed by atoms with E-state index in [2.05, 4.69) is 12.1 Å². The molecule has 1 aromatic carbocycles. The van der Waals surface area contributed by atoms with E-state index in [0.29, 0.717) is 19.6 Å². The molecule has 0 spiro atoms. The van der Waals surface area contributed by atoms with Crippen molar-refractivity contribution in [2.45, 2.75) is 63.4 Å². The van der Waals surface area contributed by atoms with Gasteiger partial charge >= 0.3 is 0 Å². The molecular formula is C19H26O4. The molecule has 1 aromatic rings. The van der Waals surface area contributed by atoms with E-state index in [1.54, 1.807) is 0 Å². The van der Waals surface area contributed by atoms with Crippen LogP contribution in [0.25, 0.3) is 0 Å². The van der Waals surface area contributed by atoms with E-state index in [0.717, 1.165) is 38.7 Å². The van der Waals surface area contributed by atoms with Gasteiger partial charge in [0, 0.05) is 19.6 Å². The topological polar surface area (TPSA) is 44.8 Å². The molecule has 2 aliphatic heterocycles. The molecule has 2 heterocycles. The Bertz CT molecular complexity index is 487. The van der Waals surface area contributed by atoms with Crippen LogP contribution >= 0.6 is 0 Å². The van der Waals surface area contributed by atoms with Crippen molar-refractivity contribution >= 4 is 5.78 Å². The first-order chi connectivity index (χ1) is 11.3.